The second-order valence-electron chi connectivity index (χ2n) is 7.21. The topological polar surface area (TPSA) is 124 Å². The highest BCUT2D eigenvalue weighted by molar-refractivity contribution is 6.16. The van der Waals surface area contributed by atoms with Crippen molar-refractivity contribution in [1.82, 2.24) is 9.99 Å². The van der Waals surface area contributed by atoms with Crippen LogP contribution >= 0.6 is 11.8 Å². The van der Waals surface area contributed by atoms with Crippen LogP contribution in [0.15, 0.2) is 41.1 Å². The number of nitrogens with zero attached hydrogens (tertiary/aromatic N) is 1. The van der Waals surface area contributed by atoms with Crippen LogP contribution in [0.3, 0.4) is 0 Å². The molecule has 0 aliphatic heterocycles. The number of nitrogens with one attached hydrogen (secondary N) is 2. The number of methoxy groups -OCH3 is 4. The van der Waals surface area contributed by atoms with Crippen LogP contribution < -0.4 is 29.1 Å². The number of anilines is 1. The molecule has 0 fully saturated rings. The Labute approximate surface area is 201 Å². The Morgan fingerprint density at radius 3 is 2.18 bits per heavy atom. The van der Waals surface area contributed by atoms with Gasteiger partial charge in [0, 0.05) is 11.1 Å². The van der Waals surface area contributed by atoms with Gasteiger partial charge in [-0.15, -0.1) is 0 Å². The van der Waals surface area contributed by atoms with Crippen molar-refractivity contribution < 1.29 is 33.4 Å². The van der Waals surface area contributed by atoms with E-state index >= 15 is 0 Å². The van der Waals surface area contributed by atoms with E-state index in [0.717, 1.165) is 0 Å². The Morgan fingerprint density at radius 1 is 1.00 bits per heavy atom. The molecule has 0 radical (unpaired) electrons. The molecule has 3 aromatic rings. The Balaban J connectivity index is 2.05. The van der Waals surface area contributed by atoms with E-state index in [-0.39, 0.29) is 0 Å². The minimum absolute atomic E-state index is 0.375. The Bertz CT molecular complexity index is 1120. The smallest absolute Gasteiger partial charge is 0.245 e. The molecule has 0 aliphatic rings. The minimum atomic E-state index is -1.03. The third-order valence-corrected chi connectivity index (χ3v) is 5.38. The first kappa shape index (κ1) is 25.2. The molecule has 0 bridgehead atoms. The van der Waals surface area contributed by atoms with Crippen molar-refractivity contribution in [2.75, 3.05) is 33.8 Å². The number of aromatic nitrogens is 1. The molecule has 1 heterocycles. The summed E-state index contributed by atoms with van der Waals surface area (Å²) in [7, 11) is 6.06. The normalized spacial score (nSPS) is 12.6. The van der Waals surface area contributed by atoms with Gasteiger partial charge in [0.15, 0.2) is 17.3 Å². The molecule has 182 valence electrons. The van der Waals surface area contributed by atoms with E-state index in [2.05, 4.69) is 15.3 Å². The minimum Gasteiger partial charge on any atom is -0.495 e. The number of carbonyl (C=O) groups is 1. The van der Waals surface area contributed by atoms with Crippen molar-refractivity contribution in [3.05, 3.63) is 36.5 Å². The molecular weight excluding hydrogens is 466 g/mol. The van der Waals surface area contributed by atoms with E-state index in [1.807, 2.05) is 0 Å². The number of aliphatic hydroxyl groups excluding tert-OH is 1. The fourth-order valence-electron chi connectivity index (χ4n) is 3.41. The number of amides is 1. The first-order valence-electron chi connectivity index (χ1n) is 10.2. The summed E-state index contributed by atoms with van der Waals surface area (Å²) < 4.78 is 27.2. The molecule has 34 heavy (non-hydrogen) atoms. The lowest BCUT2D eigenvalue weighted by molar-refractivity contribution is -0.119. The predicted molar refractivity (Wildman–Crippen MR) is 127 cm³/mol. The summed E-state index contributed by atoms with van der Waals surface area (Å²) in [6.07, 6.45) is 0.543. The Hall–Kier alpha value is -3.47. The molecule has 1 aromatic heterocycles. The van der Waals surface area contributed by atoms with Gasteiger partial charge in [-0.2, -0.15) is 0 Å². The molecule has 2 aromatic carbocycles. The fourth-order valence-corrected chi connectivity index (χ4v) is 3.69. The molecule has 10 nitrogen and oxygen atoms in total. The highest BCUT2D eigenvalue weighted by atomic mass is 35.5. The molecule has 0 saturated heterocycles. The quantitative estimate of drug-likeness (QED) is 0.365. The third kappa shape index (κ3) is 5.04. The van der Waals surface area contributed by atoms with Crippen molar-refractivity contribution in [1.29, 1.82) is 0 Å². The first-order chi connectivity index (χ1) is 16.4. The lowest BCUT2D eigenvalue weighted by Gasteiger charge is -2.19. The van der Waals surface area contributed by atoms with E-state index in [0.29, 0.717) is 51.1 Å². The summed E-state index contributed by atoms with van der Waals surface area (Å²) >= 11 is 5.62. The SMILES string of the molecule is COc1ccc(-c2cnoc2-c2cc(OC)c(OC)c(OC)c2)cc1NC(=O)C(NCl)C(C)O. The van der Waals surface area contributed by atoms with E-state index in [4.69, 9.17) is 35.2 Å². The van der Waals surface area contributed by atoms with Crippen LogP contribution in [0.5, 0.6) is 23.0 Å². The second kappa shape index (κ2) is 11.1. The zero-order valence-electron chi connectivity index (χ0n) is 19.3. The van der Waals surface area contributed by atoms with Gasteiger partial charge in [-0.05, 0) is 48.5 Å². The molecule has 3 rings (SSSR count). The molecule has 1 amide bonds. The van der Waals surface area contributed by atoms with E-state index in [9.17, 15) is 9.90 Å². The molecular formula is C23H26ClN3O7. The van der Waals surface area contributed by atoms with Gasteiger partial charge in [0.05, 0.1) is 46.4 Å². The highest BCUT2D eigenvalue weighted by Crippen LogP contribution is 2.44. The molecule has 2 atom stereocenters. The molecule has 11 heteroatoms. The van der Waals surface area contributed by atoms with Crippen molar-refractivity contribution in [3.8, 4) is 45.4 Å². The largest absolute Gasteiger partial charge is 0.495 e. The second-order valence-corrected chi connectivity index (χ2v) is 7.43. The Morgan fingerprint density at radius 2 is 1.65 bits per heavy atom. The Kier molecular flexibility index (Phi) is 8.21. The average molecular weight is 492 g/mol. The van der Waals surface area contributed by atoms with Crippen LogP contribution in [-0.2, 0) is 4.79 Å². The van der Waals surface area contributed by atoms with Gasteiger partial charge in [-0.1, -0.05) is 11.2 Å². The van der Waals surface area contributed by atoms with Crippen molar-refractivity contribution in [2.24, 2.45) is 0 Å². The number of halogens is 1. The lowest BCUT2D eigenvalue weighted by Crippen LogP contribution is -2.43. The van der Waals surface area contributed by atoms with Gasteiger partial charge in [0.25, 0.3) is 0 Å². The van der Waals surface area contributed by atoms with Gasteiger partial charge in [-0.3, -0.25) is 4.79 Å². The predicted octanol–water partition coefficient (Wildman–Crippen LogP) is 3.47. The lowest BCUT2D eigenvalue weighted by atomic mass is 10.0. The number of hydrogen-bond acceptors (Lipinski definition) is 9. The van der Waals surface area contributed by atoms with Gasteiger partial charge < -0.3 is 33.9 Å². The number of rotatable bonds is 10. The molecule has 0 spiro atoms. The molecule has 0 saturated carbocycles. The van der Waals surface area contributed by atoms with Crippen molar-refractivity contribution in [2.45, 2.75) is 19.1 Å². The zero-order valence-corrected chi connectivity index (χ0v) is 20.1. The fraction of sp³-hybridized carbons (Fsp3) is 0.304. The summed E-state index contributed by atoms with van der Waals surface area (Å²) in [5, 5.41) is 16.5. The molecule has 0 aliphatic carbocycles. The van der Waals surface area contributed by atoms with Crippen LogP contribution in [0.25, 0.3) is 22.5 Å². The van der Waals surface area contributed by atoms with Crippen LogP contribution in [-0.4, -0.2) is 56.8 Å². The van der Waals surface area contributed by atoms with E-state index in [1.54, 1.807) is 36.5 Å². The van der Waals surface area contributed by atoms with Crippen LogP contribution in [0.1, 0.15) is 6.92 Å². The van der Waals surface area contributed by atoms with Crippen molar-refractivity contribution in [3.63, 3.8) is 0 Å². The van der Waals surface area contributed by atoms with Gasteiger partial charge >= 0.3 is 0 Å². The zero-order chi connectivity index (χ0) is 24.8. The molecule has 2 unspecified atom stereocenters. The summed E-state index contributed by atoms with van der Waals surface area (Å²) in [6.45, 7) is 1.45. The van der Waals surface area contributed by atoms with E-state index < -0.39 is 18.1 Å². The van der Waals surface area contributed by atoms with E-state index in [1.165, 1.54) is 35.4 Å². The number of carbonyl (C=O) groups excluding carboxylic acids is 1. The number of ether oxygens (including phenoxy) is 4. The van der Waals surface area contributed by atoms with Gasteiger partial charge in [0.1, 0.15) is 11.8 Å². The number of benzene rings is 2. The highest BCUT2D eigenvalue weighted by Gasteiger charge is 2.25. The van der Waals surface area contributed by atoms with Crippen LogP contribution in [0, 0.1) is 0 Å². The number of hydrogen-bond donors (Lipinski definition) is 3. The molecule has 3 N–H and O–H groups in total. The number of aliphatic hydroxyl groups is 1. The summed E-state index contributed by atoms with van der Waals surface area (Å²) in [4.78, 5) is 14.9. The summed E-state index contributed by atoms with van der Waals surface area (Å²) in [5.74, 6) is 1.70. The maximum atomic E-state index is 12.6. The summed E-state index contributed by atoms with van der Waals surface area (Å²) in [5.41, 5.74) is 2.35. The third-order valence-electron chi connectivity index (χ3n) is 5.15. The maximum absolute atomic E-state index is 12.6. The standard InChI is InChI=1S/C23H26ClN3O7/c1-12(28)20(27-24)23(29)26-16-8-13(6-7-17(16)30-2)15-11-25-34-21(15)14-9-18(31-3)22(33-5)19(10-14)32-4/h6-12,20,27-28H,1-5H3,(H,26,29). The average Bonchev–Trinajstić information content (AvgIpc) is 3.33. The van der Waals surface area contributed by atoms with Crippen LogP contribution in [0.4, 0.5) is 5.69 Å². The van der Waals surface area contributed by atoms with Gasteiger partial charge in [0.2, 0.25) is 11.7 Å². The maximum Gasteiger partial charge on any atom is 0.245 e. The summed E-state index contributed by atoms with van der Waals surface area (Å²) in [6, 6.07) is 7.67. The van der Waals surface area contributed by atoms with Gasteiger partial charge in [-0.25, -0.2) is 4.84 Å². The monoisotopic (exact) mass is 491 g/mol. The first-order valence-corrected chi connectivity index (χ1v) is 10.5. The van der Waals surface area contributed by atoms with Crippen LogP contribution in [0.2, 0.25) is 0 Å². The van der Waals surface area contributed by atoms with Crippen molar-refractivity contribution >= 4 is 23.4 Å².